The highest BCUT2D eigenvalue weighted by molar-refractivity contribution is 5.76. The molecule has 0 radical (unpaired) electrons. The maximum atomic E-state index is 12.0. The minimum absolute atomic E-state index is 0.0430. The molecule has 0 aliphatic rings. The molecule has 0 aliphatic carbocycles. The van der Waals surface area contributed by atoms with E-state index in [4.69, 9.17) is 9.47 Å². The van der Waals surface area contributed by atoms with Gasteiger partial charge >= 0.3 is 0 Å². The standard InChI is InChI=1S/C20H25NO3/c1-15-4-6-17(7-5-15)8-13-20(22)21-16(2)14-24-19-11-9-18(23-3)10-12-19/h4-7,9-12,16H,8,13-14H2,1-3H3,(H,21,22)/t16-/m0/s1. The molecule has 1 atom stereocenters. The second-order valence-electron chi connectivity index (χ2n) is 5.94. The quantitative estimate of drug-likeness (QED) is 0.807. The number of carbonyl (C=O) groups is 1. The average Bonchev–Trinajstić information content (AvgIpc) is 2.60. The van der Waals surface area contributed by atoms with E-state index in [1.807, 2.05) is 31.2 Å². The average molecular weight is 327 g/mol. The Morgan fingerprint density at radius 2 is 1.67 bits per heavy atom. The highest BCUT2D eigenvalue weighted by Crippen LogP contribution is 2.17. The van der Waals surface area contributed by atoms with Crippen molar-refractivity contribution in [2.45, 2.75) is 32.7 Å². The minimum Gasteiger partial charge on any atom is -0.497 e. The maximum absolute atomic E-state index is 12.0. The van der Waals surface area contributed by atoms with Gasteiger partial charge in [0, 0.05) is 6.42 Å². The number of hydrogen-bond acceptors (Lipinski definition) is 3. The fourth-order valence-corrected chi connectivity index (χ4v) is 2.29. The van der Waals surface area contributed by atoms with Crippen molar-refractivity contribution in [2.24, 2.45) is 0 Å². The number of ether oxygens (including phenoxy) is 2. The van der Waals surface area contributed by atoms with Crippen molar-refractivity contribution in [3.8, 4) is 11.5 Å². The molecule has 0 aromatic heterocycles. The van der Waals surface area contributed by atoms with Crippen LogP contribution in [-0.2, 0) is 11.2 Å². The Hall–Kier alpha value is -2.49. The summed E-state index contributed by atoms with van der Waals surface area (Å²) >= 11 is 0. The zero-order valence-electron chi connectivity index (χ0n) is 14.5. The molecule has 2 aromatic rings. The molecule has 0 spiro atoms. The lowest BCUT2D eigenvalue weighted by Crippen LogP contribution is -2.36. The van der Waals surface area contributed by atoms with Gasteiger partial charge in [-0.1, -0.05) is 29.8 Å². The van der Waals surface area contributed by atoms with E-state index >= 15 is 0 Å². The van der Waals surface area contributed by atoms with Gasteiger partial charge < -0.3 is 14.8 Å². The van der Waals surface area contributed by atoms with E-state index < -0.39 is 0 Å². The Kier molecular flexibility index (Phi) is 6.67. The molecular formula is C20H25NO3. The Balaban J connectivity index is 1.69. The summed E-state index contributed by atoms with van der Waals surface area (Å²) < 4.78 is 10.8. The van der Waals surface area contributed by atoms with Crippen LogP contribution >= 0.6 is 0 Å². The topological polar surface area (TPSA) is 47.6 Å². The number of benzene rings is 2. The first kappa shape index (κ1) is 17.9. The zero-order chi connectivity index (χ0) is 17.4. The molecule has 1 N–H and O–H groups in total. The summed E-state index contributed by atoms with van der Waals surface area (Å²) in [7, 11) is 1.63. The molecule has 2 aromatic carbocycles. The van der Waals surface area contributed by atoms with Gasteiger partial charge in [-0.15, -0.1) is 0 Å². The molecule has 2 rings (SSSR count). The second-order valence-corrected chi connectivity index (χ2v) is 5.94. The number of nitrogens with one attached hydrogen (secondary N) is 1. The summed E-state index contributed by atoms with van der Waals surface area (Å²) in [6, 6.07) is 15.6. The number of hydrogen-bond donors (Lipinski definition) is 1. The van der Waals surface area contributed by atoms with Crippen molar-refractivity contribution in [1.29, 1.82) is 0 Å². The van der Waals surface area contributed by atoms with Crippen molar-refractivity contribution in [3.05, 3.63) is 59.7 Å². The number of carbonyl (C=O) groups excluding carboxylic acids is 1. The number of aryl methyl sites for hydroxylation is 2. The van der Waals surface area contributed by atoms with E-state index in [9.17, 15) is 4.79 Å². The third-order valence-corrected chi connectivity index (χ3v) is 3.73. The van der Waals surface area contributed by atoms with E-state index in [0.717, 1.165) is 17.9 Å². The number of methoxy groups -OCH3 is 1. The molecule has 0 saturated carbocycles. The molecule has 0 fully saturated rings. The Labute approximate surface area is 143 Å². The van der Waals surface area contributed by atoms with Gasteiger partial charge in [0.05, 0.1) is 13.2 Å². The molecule has 24 heavy (non-hydrogen) atoms. The Morgan fingerprint density at radius 1 is 1.04 bits per heavy atom. The van der Waals surface area contributed by atoms with Crippen LogP contribution in [0.4, 0.5) is 0 Å². The molecular weight excluding hydrogens is 302 g/mol. The fourth-order valence-electron chi connectivity index (χ4n) is 2.29. The lowest BCUT2D eigenvalue weighted by molar-refractivity contribution is -0.121. The number of rotatable bonds is 8. The van der Waals surface area contributed by atoms with Crippen molar-refractivity contribution in [2.75, 3.05) is 13.7 Å². The molecule has 0 heterocycles. The highest BCUT2D eigenvalue weighted by atomic mass is 16.5. The largest absolute Gasteiger partial charge is 0.497 e. The van der Waals surface area contributed by atoms with E-state index in [0.29, 0.717) is 13.0 Å². The smallest absolute Gasteiger partial charge is 0.220 e. The van der Waals surface area contributed by atoms with Crippen LogP contribution in [0.3, 0.4) is 0 Å². The van der Waals surface area contributed by atoms with Crippen LogP contribution in [0.5, 0.6) is 11.5 Å². The van der Waals surface area contributed by atoms with Crippen LogP contribution < -0.4 is 14.8 Å². The molecule has 4 nitrogen and oxygen atoms in total. The third kappa shape index (κ3) is 5.95. The van der Waals surface area contributed by atoms with Gasteiger partial charge in [-0.25, -0.2) is 0 Å². The van der Waals surface area contributed by atoms with Crippen molar-refractivity contribution < 1.29 is 14.3 Å². The monoisotopic (exact) mass is 327 g/mol. The molecule has 0 aliphatic heterocycles. The van der Waals surface area contributed by atoms with Crippen LogP contribution in [0.2, 0.25) is 0 Å². The first-order chi connectivity index (χ1) is 11.6. The van der Waals surface area contributed by atoms with Crippen LogP contribution in [-0.4, -0.2) is 25.7 Å². The zero-order valence-corrected chi connectivity index (χ0v) is 14.5. The van der Waals surface area contributed by atoms with Crippen molar-refractivity contribution in [3.63, 3.8) is 0 Å². The summed E-state index contributed by atoms with van der Waals surface area (Å²) in [5.41, 5.74) is 2.41. The predicted octanol–water partition coefficient (Wildman–Crippen LogP) is 3.52. The van der Waals surface area contributed by atoms with E-state index in [1.165, 1.54) is 11.1 Å². The van der Waals surface area contributed by atoms with Crippen molar-refractivity contribution >= 4 is 5.91 Å². The minimum atomic E-state index is -0.0439. The van der Waals surface area contributed by atoms with Crippen LogP contribution in [0.15, 0.2) is 48.5 Å². The Morgan fingerprint density at radius 3 is 2.29 bits per heavy atom. The van der Waals surface area contributed by atoms with E-state index in [1.54, 1.807) is 7.11 Å². The lowest BCUT2D eigenvalue weighted by Gasteiger charge is -2.15. The first-order valence-electron chi connectivity index (χ1n) is 8.18. The van der Waals surface area contributed by atoms with Crippen LogP contribution in [0, 0.1) is 6.92 Å². The van der Waals surface area contributed by atoms with Crippen LogP contribution in [0.1, 0.15) is 24.5 Å². The Bertz CT molecular complexity index is 635. The summed E-state index contributed by atoms with van der Waals surface area (Å²) in [6.45, 7) is 4.43. The van der Waals surface area contributed by atoms with Gasteiger partial charge in [0.1, 0.15) is 18.1 Å². The molecule has 4 heteroatoms. The van der Waals surface area contributed by atoms with Gasteiger partial charge in [0.15, 0.2) is 0 Å². The van der Waals surface area contributed by atoms with Crippen molar-refractivity contribution in [1.82, 2.24) is 5.32 Å². The molecule has 0 saturated heterocycles. The van der Waals surface area contributed by atoms with Gasteiger partial charge in [-0.2, -0.15) is 0 Å². The van der Waals surface area contributed by atoms with E-state index in [2.05, 4.69) is 36.5 Å². The summed E-state index contributed by atoms with van der Waals surface area (Å²) in [4.78, 5) is 12.0. The number of amides is 1. The summed E-state index contributed by atoms with van der Waals surface area (Å²) in [5.74, 6) is 1.60. The van der Waals surface area contributed by atoms with E-state index in [-0.39, 0.29) is 11.9 Å². The van der Waals surface area contributed by atoms with Gasteiger partial charge in [-0.05, 0) is 50.1 Å². The summed E-state index contributed by atoms with van der Waals surface area (Å²) in [6.07, 6.45) is 1.23. The molecule has 1 amide bonds. The van der Waals surface area contributed by atoms with Gasteiger partial charge in [0.25, 0.3) is 0 Å². The maximum Gasteiger partial charge on any atom is 0.220 e. The van der Waals surface area contributed by atoms with Gasteiger partial charge in [0.2, 0.25) is 5.91 Å². The predicted molar refractivity (Wildman–Crippen MR) is 95.6 cm³/mol. The molecule has 128 valence electrons. The first-order valence-corrected chi connectivity index (χ1v) is 8.18. The summed E-state index contributed by atoms with van der Waals surface area (Å²) in [5, 5.41) is 2.97. The molecule has 0 unspecified atom stereocenters. The normalized spacial score (nSPS) is 11.6. The highest BCUT2D eigenvalue weighted by Gasteiger charge is 2.08. The molecule has 0 bridgehead atoms. The fraction of sp³-hybridized carbons (Fsp3) is 0.350. The van der Waals surface area contributed by atoms with Crippen LogP contribution in [0.25, 0.3) is 0 Å². The second kappa shape index (κ2) is 8.96. The lowest BCUT2D eigenvalue weighted by atomic mass is 10.1. The SMILES string of the molecule is COc1ccc(OC[C@H](C)NC(=O)CCc2ccc(C)cc2)cc1. The van der Waals surface area contributed by atoms with Gasteiger partial charge in [-0.3, -0.25) is 4.79 Å². The third-order valence-electron chi connectivity index (χ3n) is 3.73.